The van der Waals surface area contributed by atoms with Crippen molar-refractivity contribution in [3.8, 4) is 0 Å². The van der Waals surface area contributed by atoms with Crippen molar-refractivity contribution in [2.24, 2.45) is 0 Å². The van der Waals surface area contributed by atoms with Crippen LogP contribution in [0.2, 0.25) is 0 Å². The molecule has 20 heavy (non-hydrogen) atoms. The third-order valence-electron chi connectivity index (χ3n) is 3.15. The standard InChI is InChI=1S/C15H16N4S/c1-10-9-11(2)19-14(16-10)17-15(18-19)20-12(3)13-7-5-4-6-8-13/h4-9,12H,1-3H3. The lowest BCUT2D eigenvalue weighted by molar-refractivity contribution is 0.841. The van der Waals surface area contributed by atoms with Crippen molar-refractivity contribution in [2.75, 3.05) is 0 Å². The highest BCUT2D eigenvalue weighted by Gasteiger charge is 2.13. The number of fused-ring (bicyclic) bond motifs is 1. The van der Waals surface area contributed by atoms with Crippen LogP contribution in [0.5, 0.6) is 0 Å². The van der Waals surface area contributed by atoms with Gasteiger partial charge in [-0.1, -0.05) is 42.1 Å². The maximum absolute atomic E-state index is 4.52. The van der Waals surface area contributed by atoms with Crippen LogP contribution in [0.15, 0.2) is 41.6 Å². The van der Waals surface area contributed by atoms with Crippen LogP contribution < -0.4 is 0 Å². The van der Waals surface area contributed by atoms with E-state index in [9.17, 15) is 0 Å². The summed E-state index contributed by atoms with van der Waals surface area (Å²) in [6.07, 6.45) is 0. The number of thioether (sulfide) groups is 1. The van der Waals surface area contributed by atoms with E-state index in [1.807, 2.05) is 26.0 Å². The number of hydrogen-bond donors (Lipinski definition) is 0. The van der Waals surface area contributed by atoms with Gasteiger partial charge in [-0.2, -0.15) is 4.98 Å². The average molecular weight is 284 g/mol. The van der Waals surface area contributed by atoms with Crippen LogP contribution in [0, 0.1) is 13.8 Å². The Labute approximate surface area is 122 Å². The number of benzene rings is 1. The molecule has 0 N–H and O–H groups in total. The summed E-state index contributed by atoms with van der Waals surface area (Å²) >= 11 is 1.65. The van der Waals surface area contributed by atoms with Crippen LogP contribution >= 0.6 is 11.8 Å². The van der Waals surface area contributed by atoms with Gasteiger partial charge in [0.05, 0.1) is 0 Å². The monoisotopic (exact) mass is 284 g/mol. The van der Waals surface area contributed by atoms with Crippen LogP contribution in [-0.4, -0.2) is 19.6 Å². The lowest BCUT2D eigenvalue weighted by Crippen LogP contribution is -1.97. The van der Waals surface area contributed by atoms with Gasteiger partial charge in [-0.15, -0.1) is 5.10 Å². The summed E-state index contributed by atoms with van der Waals surface area (Å²) in [5.74, 6) is 0.672. The molecule has 1 aromatic carbocycles. The molecule has 0 aliphatic heterocycles. The molecule has 3 rings (SSSR count). The highest BCUT2D eigenvalue weighted by molar-refractivity contribution is 7.99. The lowest BCUT2D eigenvalue weighted by Gasteiger charge is -2.07. The second kappa shape index (κ2) is 5.25. The first kappa shape index (κ1) is 13.1. The number of rotatable bonds is 3. The third kappa shape index (κ3) is 2.54. The first-order chi connectivity index (χ1) is 9.63. The fourth-order valence-electron chi connectivity index (χ4n) is 2.15. The van der Waals surface area contributed by atoms with Crippen molar-refractivity contribution < 1.29 is 0 Å². The molecule has 0 radical (unpaired) electrons. The van der Waals surface area contributed by atoms with Crippen LogP contribution in [0.4, 0.5) is 0 Å². The first-order valence-electron chi connectivity index (χ1n) is 6.56. The Balaban J connectivity index is 1.90. The molecule has 0 bridgehead atoms. The fraction of sp³-hybridized carbons (Fsp3) is 0.267. The predicted octanol–water partition coefficient (Wildman–Crippen LogP) is 3.59. The summed E-state index contributed by atoms with van der Waals surface area (Å²) in [4.78, 5) is 8.92. The Kier molecular flexibility index (Phi) is 3.44. The molecule has 4 nitrogen and oxygen atoms in total. The van der Waals surface area contributed by atoms with Crippen molar-refractivity contribution in [3.05, 3.63) is 53.3 Å². The Morgan fingerprint density at radius 3 is 2.60 bits per heavy atom. The van der Waals surface area contributed by atoms with Gasteiger partial charge in [-0.25, -0.2) is 9.50 Å². The molecular formula is C15H16N4S. The topological polar surface area (TPSA) is 43.1 Å². The summed E-state index contributed by atoms with van der Waals surface area (Å²) in [5.41, 5.74) is 3.30. The SMILES string of the molecule is Cc1cc(C)n2nc(SC(C)c3ccccc3)nc2n1. The van der Waals surface area contributed by atoms with E-state index in [4.69, 9.17) is 0 Å². The first-order valence-corrected chi connectivity index (χ1v) is 7.44. The molecule has 5 heteroatoms. The summed E-state index contributed by atoms with van der Waals surface area (Å²) in [7, 11) is 0. The Bertz CT molecular complexity index is 736. The van der Waals surface area contributed by atoms with Crippen molar-refractivity contribution in [2.45, 2.75) is 31.2 Å². The second-order valence-electron chi connectivity index (χ2n) is 4.82. The van der Waals surface area contributed by atoms with Crippen LogP contribution in [-0.2, 0) is 0 Å². The van der Waals surface area contributed by atoms with Gasteiger partial charge in [-0.05, 0) is 32.4 Å². The van der Waals surface area contributed by atoms with Gasteiger partial charge in [0.25, 0.3) is 5.78 Å². The molecule has 0 spiro atoms. The lowest BCUT2D eigenvalue weighted by atomic mass is 10.2. The van der Waals surface area contributed by atoms with E-state index in [1.165, 1.54) is 5.56 Å². The number of aryl methyl sites for hydroxylation is 2. The average Bonchev–Trinajstić information content (AvgIpc) is 2.82. The quantitative estimate of drug-likeness (QED) is 0.689. The molecule has 0 saturated heterocycles. The van der Waals surface area contributed by atoms with Crippen molar-refractivity contribution in [3.63, 3.8) is 0 Å². The molecule has 0 aliphatic rings. The molecule has 102 valence electrons. The zero-order valence-corrected chi connectivity index (χ0v) is 12.6. The van der Waals surface area contributed by atoms with Crippen LogP contribution in [0.3, 0.4) is 0 Å². The molecular weight excluding hydrogens is 268 g/mol. The fourth-order valence-corrected chi connectivity index (χ4v) is 3.02. The third-order valence-corrected chi connectivity index (χ3v) is 4.16. The smallest absolute Gasteiger partial charge is 0.216 e. The largest absolute Gasteiger partial charge is 0.253 e. The van der Waals surface area contributed by atoms with E-state index in [0.717, 1.165) is 16.5 Å². The summed E-state index contributed by atoms with van der Waals surface area (Å²) < 4.78 is 1.80. The predicted molar refractivity (Wildman–Crippen MR) is 81.0 cm³/mol. The molecule has 1 atom stereocenters. The van der Waals surface area contributed by atoms with E-state index in [0.29, 0.717) is 11.0 Å². The van der Waals surface area contributed by atoms with Gasteiger partial charge in [0, 0.05) is 16.6 Å². The van der Waals surface area contributed by atoms with Gasteiger partial charge < -0.3 is 0 Å². The molecule has 0 aliphatic carbocycles. The zero-order valence-electron chi connectivity index (χ0n) is 11.7. The van der Waals surface area contributed by atoms with Crippen LogP contribution in [0.25, 0.3) is 5.78 Å². The maximum Gasteiger partial charge on any atom is 0.253 e. The second-order valence-corrected chi connectivity index (χ2v) is 6.12. The van der Waals surface area contributed by atoms with Gasteiger partial charge in [-0.3, -0.25) is 0 Å². The number of aromatic nitrogens is 4. The minimum atomic E-state index is 0.315. The molecule has 2 aromatic heterocycles. The summed E-state index contributed by atoms with van der Waals surface area (Å²) in [6.45, 7) is 6.16. The van der Waals surface area contributed by atoms with Crippen LogP contribution in [0.1, 0.15) is 29.1 Å². The Morgan fingerprint density at radius 1 is 1.10 bits per heavy atom. The van der Waals surface area contributed by atoms with Gasteiger partial charge in [0.2, 0.25) is 5.16 Å². The molecule has 0 amide bonds. The van der Waals surface area contributed by atoms with Crippen molar-refractivity contribution in [1.82, 2.24) is 19.6 Å². The minimum absolute atomic E-state index is 0.315. The summed E-state index contributed by atoms with van der Waals surface area (Å²) in [6, 6.07) is 12.4. The highest BCUT2D eigenvalue weighted by atomic mass is 32.2. The maximum atomic E-state index is 4.52. The van der Waals surface area contributed by atoms with E-state index >= 15 is 0 Å². The van der Waals surface area contributed by atoms with E-state index < -0.39 is 0 Å². The van der Waals surface area contributed by atoms with Gasteiger partial charge in [0.1, 0.15) is 0 Å². The number of hydrogen-bond acceptors (Lipinski definition) is 4. The Morgan fingerprint density at radius 2 is 1.85 bits per heavy atom. The van der Waals surface area contributed by atoms with Gasteiger partial charge >= 0.3 is 0 Å². The molecule has 1 unspecified atom stereocenters. The highest BCUT2D eigenvalue weighted by Crippen LogP contribution is 2.32. The van der Waals surface area contributed by atoms with E-state index in [1.54, 1.807) is 16.3 Å². The zero-order chi connectivity index (χ0) is 14.1. The minimum Gasteiger partial charge on any atom is -0.216 e. The normalized spacial score (nSPS) is 12.8. The number of nitrogens with zero attached hydrogens (tertiary/aromatic N) is 4. The van der Waals surface area contributed by atoms with E-state index in [-0.39, 0.29) is 0 Å². The molecule has 0 fully saturated rings. The van der Waals surface area contributed by atoms with Gasteiger partial charge in [0.15, 0.2) is 0 Å². The Hall–Kier alpha value is -1.88. The molecule has 3 aromatic rings. The van der Waals surface area contributed by atoms with Crippen molar-refractivity contribution in [1.29, 1.82) is 0 Å². The van der Waals surface area contributed by atoms with Crippen molar-refractivity contribution >= 4 is 17.5 Å². The molecule has 0 saturated carbocycles. The van der Waals surface area contributed by atoms with E-state index in [2.05, 4.69) is 46.3 Å². The molecule has 2 heterocycles. The summed E-state index contributed by atoms with van der Waals surface area (Å²) in [5, 5.41) is 5.61.